The van der Waals surface area contributed by atoms with E-state index in [9.17, 15) is 13.2 Å². The molecule has 156 valence electrons. The van der Waals surface area contributed by atoms with Gasteiger partial charge in [-0.3, -0.25) is 9.10 Å². The molecule has 0 unspecified atom stereocenters. The Morgan fingerprint density at radius 3 is 2.07 bits per heavy atom. The average molecular weight is 423 g/mol. The third kappa shape index (κ3) is 4.39. The van der Waals surface area contributed by atoms with Crippen LogP contribution in [0.3, 0.4) is 0 Å². The number of sulfonamides is 1. The summed E-state index contributed by atoms with van der Waals surface area (Å²) in [5.74, 6) is -0.264. The standard InChI is InChI=1S/C24H26N2O3S/c1-5-26(21-11-7-6-8-12-21)30(28,29)23-13-9-10-20(17-23)24(27)25(4)22-15-18(2)14-19(3)16-22/h6-17H,5H2,1-4H3. The first-order valence-electron chi connectivity index (χ1n) is 9.78. The molecule has 3 aromatic rings. The summed E-state index contributed by atoms with van der Waals surface area (Å²) in [6.45, 7) is 6.02. The van der Waals surface area contributed by atoms with E-state index in [0.29, 0.717) is 11.3 Å². The van der Waals surface area contributed by atoms with Crippen LogP contribution in [0.25, 0.3) is 0 Å². The van der Waals surface area contributed by atoms with E-state index in [-0.39, 0.29) is 17.3 Å². The summed E-state index contributed by atoms with van der Waals surface area (Å²) in [6, 6.07) is 21.1. The van der Waals surface area contributed by atoms with Gasteiger partial charge in [-0.15, -0.1) is 0 Å². The summed E-state index contributed by atoms with van der Waals surface area (Å²) in [5, 5.41) is 0. The summed E-state index contributed by atoms with van der Waals surface area (Å²) in [7, 11) is -2.11. The second kappa shape index (κ2) is 8.71. The summed E-state index contributed by atoms with van der Waals surface area (Å²) in [6.07, 6.45) is 0. The molecule has 0 aliphatic heterocycles. The first kappa shape index (κ1) is 21.6. The molecule has 0 atom stereocenters. The van der Waals surface area contributed by atoms with Crippen LogP contribution >= 0.6 is 0 Å². The van der Waals surface area contributed by atoms with E-state index in [2.05, 4.69) is 0 Å². The van der Waals surface area contributed by atoms with Crippen LogP contribution in [0.4, 0.5) is 11.4 Å². The Morgan fingerprint density at radius 2 is 1.47 bits per heavy atom. The Morgan fingerprint density at radius 1 is 0.833 bits per heavy atom. The lowest BCUT2D eigenvalue weighted by atomic mass is 10.1. The van der Waals surface area contributed by atoms with E-state index < -0.39 is 10.0 Å². The van der Waals surface area contributed by atoms with Gasteiger partial charge in [-0.05, 0) is 74.4 Å². The zero-order valence-electron chi connectivity index (χ0n) is 17.7. The van der Waals surface area contributed by atoms with Crippen LogP contribution in [-0.4, -0.2) is 27.9 Å². The fourth-order valence-electron chi connectivity index (χ4n) is 3.46. The van der Waals surface area contributed by atoms with E-state index in [1.54, 1.807) is 55.3 Å². The molecule has 6 heteroatoms. The fourth-order valence-corrected chi connectivity index (χ4v) is 4.98. The van der Waals surface area contributed by atoms with Crippen molar-refractivity contribution in [3.05, 3.63) is 89.5 Å². The van der Waals surface area contributed by atoms with Crippen LogP contribution in [-0.2, 0) is 10.0 Å². The van der Waals surface area contributed by atoms with Gasteiger partial charge in [0.2, 0.25) is 0 Å². The van der Waals surface area contributed by atoms with Crippen molar-refractivity contribution < 1.29 is 13.2 Å². The highest BCUT2D eigenvalue weighted by atomic mass is 32.2. The Hall–Kier alpha value is -3.12. The van der Waals surface area contributed by atoms with E-state index in [1.165, 1.54) is 16.4 Å². The van der Waals surface area contributed by atoms with Crippen LogP contribution in [0.1, 0.15) is 28.4 Å². The molecular formula is C24H26N2O3S. The fraction of sp³-hybridized carbons (Fsp3) is 0.208. The maximum absolute atomic E-state index is 13.3. The topological polar surface area (TPSA) is 57.7 Å². The van der Waals surface area contributed by atoms with Crippen molar-refractivity contribution in [3.63, 3.8) is 0 Å². The predicted molar refractivity (Wildman–Crippen MR) is 122 cm³/mol. The molecule has 0 saturated heterocycles. The SMILES string of the molecule is CCN(c1ccccc1)S(=O)(=O)c1cccc(C(=O)N(C)c2cc(C)cc(C)c2)c1. The van der Waals surface area contributed by atoms with Crippen molar-refractivity contribution in [2.45, 2.75) is 25.7 Å². The van der Waals surface area contributed by atoms with Gasteiger partial charge >= 0.3 is 0 Å². The molecule has 0 saturated carbocycles. The lowest BCUT2D eigenvalue weighted by Crippen LogP contribution is -2.31. The third-order valence-corrected chi connectivity index (χ3v) is 6.80. The van der Waals surface area contributed by atoms with Crippen LogP contribution in [0.5, 0.6) is 0 Å². The molecule has 0 heterocycles. The normalized spacial score (nSPS) is 11.2. The Balaban J connectivity index is 1.96. The van der Waals surface area contributed by atoms with Crippen LogP contribution in [0.15, 0.2) is 77.7 Å². The summed E-state index contributed by atoms with van der Waals surface area (Å²) in [5.41, 5.74) is 3.79. The third-order valence-electron chi connectivity index (χ3n) is 4.90. The molecule has 0 aliphatic rings. The van der Waals surface area contributed by atoms with Crippen LogP contribution in [0, 0.1) is 13.8 Å². The molecule has 0 aromatic heterocycles. The van der Waals surface area contributed by atoms with Gasteiger partial charge in [0.25, 0.3) is 15.9 Å². The number of nitrogens with zero attached hydrogens (tertiary/aromatic N) is 2. The summed E-state index contributed by atoms with van der Waals surface area (Å²) in [4.78, 5) is 14.7. The molecule has 0 spiro atoms. The van der Waals surface area contributed by atoms with E-state index in [4.69, 9.17) is 0 Å². The van der Waals surface area contributed by atoms with Crippen molar-refractivity contribution >= 4 is 27.3 Å². The molecule has 30 heavy (non-hydrogen) atoms. The van der Waals surface area contributed by atoms with Crippen molar-refractivity contribution in [2.75, 3.05) is 22.8 Å². The lowest BCUT2D eigenvalue weighted by molar-refractivity contribution is 0.0993. The maximum Gasteiger partial charge on any atom is 0.264 e. The van der Waals surface area contributed by atoms with Crippen LogP contribution in [0.2, 0.25) is 0 Å². The van der Waals surface area contributed by atoms with Gasteiger partial charge in [-0.1, -0.05) is 30.3 Å². The molecule has 3 rings (SSSR count). The summed E-state index contributed by atoms with van der Waals surface area (Å²) >= 11 is 0. The van der Waals surface area contributed by atoms with Gasteiger partial charge in [-0.2, -0.15) is 0 Å². The van der Waals surface area contributed by atoms with Gasteiger partial charge in [0.15, 0.2) is 0 Å². The number of anilines is 2. The number of rotatable bonds is 6. The van der Waals surface area contributed by atoms with E-state index >= 15 is 0 Å². The number of hydrogen-bond donors (Lipinski definition) is 0. The van der Waals surface area contributed by atoms with Crippen LogP contribution < -0.4 is 9.21 Å². The van der Waals surface area contributed by atoms with Gasteiger partial charge in [0.1, 0.15) is 0 Å². The number of aryl methyl sites for hydroxylation is 2. The summed E-state index contributed by atoms with van der Waals surface area (Å²) < 4.78 is 27.9. The molecular weight excluding hydrogens is 396 g/mol. The van der Waals surface area contributed by atoms with E-state index in [0.717, 1.165) is 16.8 Å². The minimum absolute atomic E-state index is 0.0906. The quantitative estimate of drug-likeness (QED) is 0.574. The van der Waals surface area contributed by atoms with Gasteiger partial charge in [-0.25, -0.2) is 8.42 Å². The molecule has 0 aliphatic carbocycles. The number of carbonyl (C=O) groups excluding carboxylic acids is 1. The van der Waals surface area contributed by atoms with Crippen molar-refractivity contribution in [1.82, 2.24) is 0 Å². The second-order valence-corrected chi connectivity index (χ2v) is 9.11. The largest absolute Gasteiger partial charge is 0.311 e. The zero-order valence-corrected chi connectivity index (χ0v) is 18.5. The molecule has 0 radical (unpaired) electrons. The molecule has 0 bridgehead atoms. The van der Waals surface area contributed by atoms with Gasteiger partial charge in [0.05, 0.1) is 10.6 Å². The second-order valence-electron chi connectivity index (χ2n) is 7.24. The minimum atomic E-state index is -3.80. The molecule has 1 amide bonds. The highest BCUT2D eigenvalue weighted by Gasteiger charge is 2.25. The number of hydrogen-bond acceptors (Lipinski definition) is 3. The minimum Gasteiger partial charge on any atom is -0.311 e. The first-order valence-corrected chi connectivity index (χ1v) is 11.2. The highest BCUT2D eigenvalue weighted by Crippen LogP contribution is 2.25. The van der Waals surface area contributed by atoms with Crippen molar-refractivity contribution in [1.29, 1.82) is 0 Å². The van der Waals surface area contributed by atoms with Gasteiger partial charge < -0.3 is 4.90 Å². The molecule has 5 nitrogen and oxygen atoms in total. The molecule has 0 N–H and O–H groups in total. The number of para-hydroxylation sites is 1. The van der Waals surface area contributed by atoms with E-state index in [1.807, 2.05) is 38.1 Å². The Labute approximate surface area is 178 Å². The maximum atomic E-state index is 13.3. The van der Waals surface area contributed by atoms with Gasteiger partial charge in [0, 0.05) is 24.8 Å². The monoisotopic (exact) mass is 422 g/mol. The molecule has 3 aromatic carbocycles. The smallest absolute Gasteiger partial charge is 0.264 e. The van der Waals surface area contributed by atoms with Crippen molar-refractivity contribution in [3.8, 4) is 0 Å². The molecule has 0 fully saturated rings. The Kier molecular flexibility index (Phi) is 6.27. The Bertz CT molecular complexity index is 1140. The predicted octanol–water partition coefficient (Wildman–Crippen LogP) is 4.80. The first-order chi connectivity index (χ1) is 14.2. The zero-order chi connectivity index (χ0) is 21.9. The average Bonchev–Trinajstić information content (AvgIpc) is 2.73. The number of benzene rings is 3. The lowest BCUT2D eigenvalue weighted by Gasteiger charge is -2.23. The number of amides is 1. The number of carbonyl (C=O) groups is 1. The van der Waals surface area contributed by atoms with Crippen molar-refractivity contribution in [2.24, 2.45) is 0 Å². The highest BCUT2D eigenvalue weighted by molar-refractivity contribution is 7.92.